The zero-order chi connectivity index (χ0) is 22.5. The zero-order valence-corrected chi connectivity index (χ0v) is 20.2. The molecular formula is C27H27BO3S. The van der Waals surface area contributed by atoms with Gasteiger partial charge in [-0.25, -0.2) is 0 Å². The summed E-state index contributed by atoms with van der Waals surface area (Å²) in [4.78, 5) is 0. The average Bonchev–Trinajstić information content (AvgIpc) is 3.22. The maximum atomic E-state index is 6.58. The standard InChI is InChI=1S/C27H27BO3S/c1-25(2)19-13-12-18-17-9-7-8-10-22(17)32-24(18)23(19)29-21-14-11-16(15-20(21)25)28-30-26(3,4)27(5,6)31-28/h7-15H,1-6H3. The molecule has 4 aromatic rings. The predicted molar refractivity (Wildman–Crippen MR) is 134 cm³/mol. The Hall–Kier alpha value is -2.34. The molecule has 3 nitrogen and oxygen atoms in total. The normalized spacial score (nSPS) is 20.2. The third-order valence-electron chi connectivity index (χ3n) is 7.59. The van der Waals surface area contributed by atoms with Gasteiger partial charge in [0.15, 0.2) is 0 Å². The predicted octanol–water partition coefficient (Wildman–Crippen LogP) is 6.79. The van der Waals surface area contributed by atoms with E-state index in [0.29, 0.717) is 0 Å². The number of benzene rings is 3. The fourth-order valence-corrected chi connectivity index (χ4v) is 6.05. The Morgan fingerprint density at radius 3 is 2.22 bits per heavy atom. The van der Waals surface area contributed by atoms with E-state index in [1.54, 1.807) is 0 Å². The molecule has 1 saturated heterocycles. The molecule has 0 atom stereocenters. The molecule has 2 aliphatic rings. The van der Waals surface area contributed by atoms with Crippen LogP contribution >= 0.6 is 11.3 Å². The summed E-state index contributed by atoms with van der Waals surface area (Å²) in [5.74, 6) is 1.90. The molecule has 0 N–H and O–H groups in total. The summed E-state index contributed by atoms with van der Waals surface area (Å²) < 4.78 is 21.7. The number of thiophene rings is 1. The van der Waals surface area contributed by atoms with Crippen molar-refractivity contribution in [3.8, 4) is 11.5 Å². The monoisotopic (exact) mass is 442 g/mol. The number of hydrogen-bond acceptors (Lipinski definition) is 4. The number of hydrogen-bond donors (Lipinski definition) is 0. The van der Waals surface area contributed by atoms with E-state index in [0.717, 1.165) is 22.5 Å². The number of rotatable bonds is 1. The lowest BCUT2D eigenvalue weighted by molar-refractivity contribution is 0.00578. The highest BCUT2D eigenvalue weighted by atomic mass is 32.1. The molecule has 3 aromatic carbocycles. The summed E-state index contributed by atoms with van der Waals surface area (Å²) in [5, 5.41) is 2.55. The van der Waals surface area contributed by atoms with Crippen LogP contribution in [-0.2, 0) is 14.7 Å². The van der Waals surface area contributed by atoms with E-state index in [1.807, 2.05) is 11.3 Å². The second kappa shape index (κ2) is 6.37. The van der Waals surface area contributed by atoms with E-state index in [2.05, 4.69) is 96.1 Å². The molecule has 0 radical (unpaired) electrons. The molecule has 0 bridgehead atoms. The van der Waals surface area contributed by atoms with Crippen LogP contribution in [0.3, 0.4) is 0 Å². The van der Waals surface area contributed by atoms with Crippen molar-refractivity contribution in [1.29, 1.82) is 0 Å². The van der Waals surface area contributed by atoms with Crippen molar-refractivity contribution in [2.24, 2.45) is 0 Å². The SMILES string of the molecule is CC1(C)c2cc(B3OC(C)(C)C(C)(C)O3)ccc2Oc2c1ccc1c2sc2ccccc21. The summed E-state index contributed by atoms with van der Waals surface area (Å²) >= 11 is 1.81. The first-order valence-electron chi connectivity index (χ1n) is 11.2. The van der Waals surface area contributed by atoms with E-state index < -0.39 is 0 Å². The van der Waals surface area contributed by atoms with Crippen LogP contribution in [0.15, 0.2) is 54.6 Å². The average molecular weight is 442 g/mol. The molecule has 3 heterocycles. The Labute approximate surface area is 193 Å². The minimum atomic E-state index is -0.382. The van der Waals surface area contributed by atoms with Gasteiger partial charge in [0.2, 0.25) is 0 Å². The van der Waals surface area contributed by atoms with Crippen LogP contribution in [-0.4, -0.2) is 18.3 Å². The van der Waals surface area contributed by atoms with Crippen LogP contribution in [0.1, 0.15) is 52.7 Å². The van der Waals surface area contributed by atoms with Gasteiger partial charge >= 0.3 is 7.12 Å². The van der Waals surface area contributed by atoms with Crippen LogP contribution in [0, 0.1) is 0 Å². The molecule has 5 heteroatoms. The van der Waals surface area contributed by atoms with E-state index in [9.17, 15) is 0 Å². The van der Waals surface area contributed by atoms with E-state index in [1.165, 1.54) is 25.7 Å². The third kappa shape index (κ3) is 2.68. The maximum absolute atomic E-state index is 6.58. The molecule has 6 rings (SSSR count). The fourth-order valence-electron chi connectivity index (χ4n) is 4.86. The van der Waals surface area contributed by atoms with Gasteiger partial charge < -0.3 is 14.0 Å². The van der Waals surface area contributed by atoms with Crippen LogP contribution < -0.4 is 10.2 Å². The Morgan fingerprint density at radius 1 is 0.750 bits per heavy atom. The smallest absolute Gasteiger partial charge is 0.455 e. The highest BCUT2D eigenvalue weighted by Gasteiger charge is 2.52. The second-order valence-electron chi connectivity index (χ2n) is 10.5. The topological polar surface area (TPSA) is 27.7 Å². The molecule has 2 aliphatic heterocycles. The van der Waals surface area contributed by atoms with Gasteiger partial charge in [0, 0.05) is 32.0 Å². The molecule has 0 saturated carbocycles. The molecule has 1 fully saturated rings. The minimum absolute atomic E-state index is 0.201. The lowest BCUT2D eigenvalue weighted by Gasteiger charge is -2.35. The molecule has 0 unspecified atom stereocenters. The van der Waals surface area contributed by atoms with Crippen molar-refractivity contribution in [3.63, 3.8) is 0 Å². The Bertz CT molecular complexity index is 1380. The molecule has 0 amide bonds. The van der Waals surface area contributed by atoms with E-state index >= 15 is 0 Å². The Balaban J connectivity index is 1.47. The lowest BCUT2D eigenvalue weighted by Crippen LogP contribution is -2.41. The first kappa shape index (κ1) is 20.3. The number of ether oxygens (including phenoxy) is 1. The maximum Gasteiger partial charge on any atom is 0.494 e. The van der Waals surface area contributed by atoms with Gasteiger partial charge in [-0.1, -0.05) is 56.3 Å². The van der Waals surface area contributed by atoms with Crippen molar-refractivity contribution < 1.29 is 14.0 Å². The molecule has 0 aliphatic carbocycles. The highest BCUT2D eigenvalue weighted by Crippen LogP contribution is 2.52. The van der Waals surface area contributed by atoms with Crippen LogP contribution in [0.25, 0.3) is 20.2 Å². The van der Waals surface area contributed by atoms with Crippen LogP contribution in [0.4, 0.5) is 0 Å². The largest absolute Gasteiger partial charge is 0.494 e. The van der Waals surface area contributed by atoms with Gasteiger partial charge in [0.1, 0.15) is 11.5 Å². The molecule has 1 aromatic heterocycles. The highest BCUT2D eigenvalue weighted by molar-refractivity contribution is 7.26. The van der Waals surface area contributed by atoms with Gasteiger partial charge in [-0.15, -0.1) is 11.3 Å². The summed E-state index contributed by atoms with van der Waals surface area (Å²) in [6.45, 7) is 12.9. The first-order chi connectivity index (χ1) is 15.1. The van der Waals surface area contributed by atoms with Crippen LogP contribution in [0.2, 0.25) is 0 Å². The van der Waals surface area contributed by atoms with Gasteiger partial charge in [0.05, 0.1) is 15.9 Å². The summed E-state index contributed by atoms with van der Waals surface area (Å²) in [5.41, 5.74) is 2.49. The summed E-state index contributed by atoms with van der Waals surface area (Å²) in [6.07, 6.45) is 0. The first-order valence-corrected chi connectivity index (χ1v) is 12.0. The summed E-state index contributed by atoms with van der Waals surface area (Å²) in [7, 11) is -0.382. The summed E-state index contributed by atoms with van der Waals surface area (Å²) in [6, 6.07) is 19.4. The Morgan fingerprint density at radius 2 is 1.47 bits per heavy atom. The number of fused-ring (bicyclic) bond motifs is 6. The quantitative estimate of drug-likeness (QED) is 0.304. The second-order valence-corrected chi connectivity index (χ2v) is 11.5. The lowest BCUT2D eigenvalue weighted by atomic mass is 9.71. The molecule has 32 heavy (non-hydrogen) atoms. The Kier molecular flexibility index (Phi) is 4.04. The van der Waals surface area contributed by atoms with Crippen molar-refractivity contribution in [2.75, 3.05) is 0 Å². The third-order valence-corrected chi connectivity index (χ3v) is 8.77. The minimum Gasteiger partial charge on any atom is -0.455 e. The van der Waals surface area contributed by atoms with Gasteiger partial charge in [-0.3, -0.25) is 0 Å². The van der Waals surface area contributed by atoms with E-state index in [-0.39, 0.29) is 23.7 Å². The van der Waals surface area contributed by atoms with Gasteiger partial charge in [0.25, 0.3) is 0 Å². The van der Waals surface area contributed by atoms with Crippen molar-refractivity contribution in [1.82, 2.24) is 0 Å². The molecule has 0 spiro atoms. The molecule has 162 valence electrons. The van der Waals surface area contributed by atoms with Gasteiger partial charge in [-0.05, 0) is 45.3 Å². The van der Waals surface area contributed by atoms with Crippen molar-refractivity contribution in [3.05, 3.63) is 65.7 Å². The van der Waals surface area contributed by atoms with E-state index in [4.69, 9.17) is 14.0 Å². The van der Waals surface area contributed by atoms with Crippen molar-refractivity contribution >= 4 is 44.1 Å². The van der Waals surface area contributed by atoms with Gasteiger partial charge in [-0.2, -0.15) is 0 Å². The fraction of sp³-hybridized carbons (Fsp3) is 0.333. The zero-order valence-electron chi connectivity index (χ0n) is 19.4. The van der Waals surface area contributed by atoms with Crippen LogP contribution in [0.5, 0.6) is 11.5 Å². The molecular weight excluding hydrogens is 415 g/mol. The van der Waals surface area contributed by atoms with Crippen molar-refractivity contribution in [2.45, 2.75) is 58.2 Å².